The summed E-state index contributed by atoms with van der Waals surface area (Å²) in [7, 11) is 0. The predicted molar refractivity (Wildman–Crippen MR) is 120 cm³/mol. The molecule has 0 aliphatic rings. The molecule has 0 aliphatic heterocycles. The van der Waals surface area contributed by atoms with E-state index in [-0.39, 0.29) is 23.6 Å². The summed E-state index contributed by atoms with van der Waals surface area (Å²) in [5, 5.41) is 7.54. The third-order valence-corrected chi connectivity index (χ3v) is 5.08. The van der Waals surface area contributed by atoms with Crippen LogP contribution in [0.5, 0.6) is 5.75 Å². The van der Waals surface area contributed by atoms with E-state index in [2.05, 4.69) is 10.6 Å². The molecule has 3 aromatic rings. The Labute approximate surface area is 180 Å². The van der Waals surface area contributed by atoms with E-state index < -0.39 is 0 Å². The molecule has 0 fully saturated rings. The second kappa shape index (κ2) is 10.4. The van der Waals surface area contributed by atoms with Gasteiger partial charge in [-0.2, -0.15) is 0 Å². The van der Waals surface area contributed by atoms with E-state index in [1.54, 1.807) is 30.3 Å². The summed E-state index contributed by atoms with van der Waals surface area (Å²) in [6, 6.07) is 20.1. The van der Waals surface area contributed by atoms with E-state index in [1.807, 2.05) is 61.7 Å². The van der Waals surface area contributed by atoms with E-state index in [0.717, 1.165) is 16.2 Å². The topological polar surface area (TPSA) is 67.4 Å². The smallest absolute Gasteiger partial charge is 0.268 e. The number of carbonyl (C=O) groups excluding carboxylic acids is 2. The third kappa shape index (κ3) is 6.32. The lowest BCUT2D eigenvalue weighted by molar-refractivity contribution is -0.118. The highest BCUT2D eigenvalue weighted by molar-refractivity contribution is 7.10. The minimum absolute atomic E-state index is 0.188. The van der Waals surface area contributed by atoms with Gasteiger partial charge >= 0.3 is 0 Å². The maximum Gasteiger partial charge on any atom is 0.268 e. The van der Waals surface area contributed by atoms with E-state index in [0.29, 0.717) is 12.2 Å². The van der Waals surface area contributed by atoms with Crippen LogP contribution in [-0.4, -0.2) is 24.5 Å². The minimum atomic E-state index is -0.368. The quantitative estimate of drug-likeness (QED) is 0.531. The van der Waals surface area contributed by atoms with Crippen LogP contribution in [0.4, 0.5) is 0 Å². The molecule has 30 heavy (non-hydrogen) atoms. The van der Waals surface area contributed by atoms with E-state index in [9.17, 15) is 9.59 Å². The van der Waals surface area contributed by atoms with Gasteiger partial charge in [0, 0.05) is 10.4 Å². The average molecular weight is 421 g/mol. The first-order valence-electron chi connectivity index (χ1n) is 9.63. The van der Waals surface area contributed by atoms with Crippen LogP contribution >= 0.6 is 11.3 Å². The first kappa shape index (κ1) is 21.3. The van der Waals surface area contributed by atoms with E-state index in [1.165, 1.54) is 11.3 Å². The van der Waals surface area contributed by atoms with Crippen LogP contribution in [0.1, 0.15) is 27.7 Å². The molecule has 0 radical (unpaired) electrons. The molecule has 1 atom stereocenters. The molecule has 154 valence electrons. The fourth-order valence-corrected chi connectivity index (χ4v) is 3.31. The number of amides is 2. The SMILES string of the molecule is Cc1ccc(OC[C@H](C)NC(=O)/C(=C/c2cccs2)NC(=O)c2ccccc2)cc1. The lowest BCUT2D eigenvalue weighted by atomic mass is 10.2. The van der Waals surface area contributed by atoms with Crippen molar-refractivity contribution in [2.75, 3.05) is 6.61 Å². The van der Waals surface area contributed by atoms with Gasteiger partial charge in [-0.3, -0.25) is 9.59 Å². The Bertz CT molecular complexity index is 997. The monoisotopic (exact) mass is 420 g/mol. The predicted octanol–water partition coefficient (Wildman–Crippen LogP) is 4.41. The second-order valence-electron chi connectivity index (χ2n) is 6.89. The van der Waals surface area contributed by atoms with Crippen LogP contribution in [0, 0.1) is 6.92 Å². The number of benzene rings is 2. The number of aryl methyl sites for hydroxylation is 1. The fraction of sp³-hybridized carbons (Fsp3) is 0.167. The number of rotatable bonds is 8. The van der Waals surface area contributed by atoms with Crippen LogP contribution in [0.15, 0.2) is 77.8 Å². The maximum absolute atomic E-state index is 12.9. The number of thiophene rings is 1. The van der Waals surface area contributed by atoms with Crippen LogP contribution in [0.2, 0.25) is 0 Å². The van der Waals surface area contributed by atoms with Gasteiger partial charge in [-0.05, 0) is 55.6 Å². The lowest BCUT2D eigenvalue weighted by Crippen LogP contribution is -2.41. The van der Waals surface area contributed by atoms with Gasteiger partial charge in [-0.25, -0.2) is 0 Å². The largest absolute Gasteiger partial charge is 0.491 e. The number of hydrogen-bond acceptors (Lipinski definition) is 4. The van der Waals surface area contributed by atoms with Crippen molar-refractivity contribution < 1.29 is 14.3 Å². The molecule has 1 heterocycles. The Morgan fingerprint density at radius 2 is 1.77 bits per heavy atom. The molecule has 0 saturated heterocycles. The van der Waals surface area contributed by atoms with Gasteiger partial charge < -0.3 is 15.4 Å². The van der Waals surface area contributed by atoms with Gasteiger partial charge in [0.25, 0.3) is 11.8 Å². The second-order valence-corrected chi connectivity index (χ2v) is 7.87. The first-order valence-corrected chi connectivity index (χ1v) is 10.5. The van der Waals surface area contributed by atoms with Crippen molar-refractivity contribution >= 4 is 29.2 Å². The van der Waals surface area contributed by atoms with Crippen LogP contribution in [0.25, 0.3) is 6.08 Å². The fourth-order valence-electron chi connectivity index (χ4n) is 2.66. The molecule has 0 unspecified atom stereocenters. The van der Waals surface area contributed by atoms with Crippen molar-refractivity contribution in [1.82, 2.24) is 10.6 Å². The van der Waals surface area contributed by atoms with Gasteiger partial charge in [0.05, 0.1) is 6.04 Å². The molecule has 2 aromatic carbocycles. The van der Waals surface area contributed by atoms with Crippen molar-refractivity contribution in [1.29, 1.82) is 0 Å². The van der Waals surface area contributed by atoms with Crippen molar-refractivity contribution in [3.8, 4) is 5.75 Å². The summed E-state index contributed by atoms with van der Waals surface area (Å²) in [5.41, 5.74) is 1.83. The summed E-state index contributed by atoms with van der Waals surface area (Å²) in [5.74, 6) is 0.0400. The van der Waals surface area contributed by atoms with Crippen molar-refractivity contribution in [3.05, 3.63) is 93.8 Å². The molecular weight excluding hydrogens is 396 g/mol. The van der Waals surface area contributed by atoms with Gasteiger partial charge in [0.1, 0.15) is 18.1 Å². The molecular formula is C24H24N2O3S. The zero-order valence-corrected chi connectivity index (χ0v) is 17.7. The highest BCUT2D eigenvalue weighted by Crippen LogP contribution is 2.14. The first-order chi connectivity index (χ1) is 14.5. The van der Waals surface area contributed by atoms with Gasteiger partial charge in [-0.15, -0.1) is 11.3 Å². The Morgan fingerprint density at radius 1 is 1.03 bits per heavy atom. The molecule has 0 saturated carbocycles. The summed E-state index contributed by atoms with van der Waals surface area (Å²) in [6.45, 7) is 4.18. The van der Waals surface area contributed by atoms with Gasteiger partial charge in [-0.1, -0.05) is 42.0 Å². The molecule has 3 rings (SSSR count). The molecule has 0 aliphatic carbocycles. The zero-order chi connectivity index (χ0) is 21.3. The summed E-state index contributed by atoms with van der Waals surface area (Å²) >= 11 is 1.49. The molecule has 0 spiro atoms. The van der Waals surface area contributed by atoms with E-state index >= 15 is 0 Å². The van der Waals surface area contributed by atoms with Crippen molar-refractivity contribution in [3.63, 3.8) is 0 Å². The third-order valence-electron chi connectivity index (χ3n) is 4.26. The standard InChI is InChI=1S/C24H24N2O3S/c1-17-10-12-20(13-11-17)29-16-18(2)25-24(28)22(15-21-9-6-14-30-21)26-23(27)19-7-4-3-5-8-19/h3-15,18H,16H2,1-2H3,(H,25,28)(H,26,27)/b22-15-/t18-/m0/s1. The van der Waals surface area contributed by atoms with Crippen LogP contribution in [-0.2, 0) is 4.79 Å². The number of nitrogens with one attached hydrogen (secondary N) is 2. The molecule has 6 heteroatoms. The Morgan fingerprint density at radius 3 is 2.43 bits per heavy atom. The molecule has 2 N–H and O–H groups in total. The Balaban J connectivity index is 1.65. The van der Waals surface area contributed by atoms with Gasteiger partial charge in [0.2, 0.25) is 0 Å². The minimum Gasteiger partial charge on any atom is -0.491 e. The number of carbonyl (C=O) groups is 2. The number of ether oxygens (including phenoxy) is 1. The molecule has 5 nitrogen and oxygen atoms in total. The number of hydrogen-bond donors (Lipinski definition) is 2. The zero-order valence-electron chi connectivity index (χ0n) is 16.9. The molecule has 2 amide bonds. The lowest BCUT2D eigenvalue weighted by Gasteiger charge is -2.17. The highest BCUT2D eigenvalue weighted by Gasteiger charge is 2.17. The summed E-state index contributed by atoms with van der Waals surface area (Å²) in [6.07, 6.45) is 1.67. The summed E-state index contributed by atoms with van der Waals surface area (Å²) in [4.78, 5) is 26.3. The summed E-state index contributed by atoms with van der Waals surface area (Å²) < 4.78 is 5.74. The van der Waals surface area contributed by atoms with E-state index in [4.69, 9.17) is 4.74 Å². The maximum atomic E-state index is 12.9. The Hall–Kier alpha value is -3.38. The van der Waals surface area contributed by atoms with Crippen LogP contribution < -0.4 is 15.4 Å². The van der Waals surface area contributed by atoms with Crippen molar-refractivity contribution in [2.45, 2.75) is 19.9 Å². The Kier molecular flexibility index (Phi) is 7.40. The highest BCUT2D eigenvalue weighted by atomic mass is 32.1. The van der Waals surface area contributed by atoms with Crippen molar-refractivity contribution in [2.24, 2.45) is 0 Å². The van der Waals surface area contributed by atoms with Crippen LogP contribution in [0.3, 0.4) is 0 Å². The molecule has 0 bridgehead atoms. The average Bonchev–Trinajstić information content (AvgIpc) is 3.26. The molecule has 1 aromatic heterocycles. The van der Waals surface area contributed by atoms with Gasteiger partial charge in [0.15, 0.2) is 0 Å². The normalized spacial score (nSPS) is 12.1.